The lowest BCUT2D eigenvalue weighted by molar-refractivity contribution is -0.132. The highest BCUT2D eigenvalue weighted by Gasteiger charge is 2.27. The van der Waals surface area contributed by atoms with Gasteiger partial charge >= 0.3 is 0 Å². The van der Waals surface area contributed by atoms with E-state index < -0.39 is 10.0 Å². The number of hydrogen-bond acceptors (Lipinski definition) is 4. The normalized spacial score (nSPS) is 20.2. The second-order valence-electron chi connectivity index (χ2n) is 4.81. The van der Waals surface area contributed by atoms with Gasteiger partial charge in [-0.2, -0.15) is 0 Å². The van der Waals surface area contributed by atoms with E-state index in [2.05, 4.69) is 4.72 Å². The molecule has 1 amide bonds. The molecule has 0 aliphatic carbocycles. The topological polar surface area (TPSA) is 92.5 Å². The number of benzene rings is 1. The van der Waals surface area contributed by atoms with Crippen LogP contribution in [0, 0.1) is 0 Å². The Hall–Kier alpha value is -1.31. The Labute approximate surface area is 122 Å². The number of likely N-dealkylation sites (tertiary alicyclic amines) is 1. The van der Waals surface area contributed by atoms with Gasteiger partial charge in [-0.05, 0) is 24.6 Å². The molecule has 3 N–H and O–H groups in total. The Morgan fingerprint density at radius 1 is 1.45 bits per heavy atom. The van der Waals surface area contributed by atoms with Crippen LogP contribution in [0.2, 0.25) is 5.02 Å². The molecular formula is C12H16ClN3O3S. The Bertz CT molecular complexity index is 633. The van der Waals surface area contributed by atoms with Crippen LogP contribution >= 0.6 is 11.6 Å². The fourth-order valence-electron chi connectivity index (χ4n) is 2.08. The van der Waals surface area contributed by atoms with Gasteiger partial charge in [0.15, 0.2) is 0 Å². The molecule has 0 aromatic heterocycles. The second-order valence-corrected chi connectivity index (χ2v) is 6.94. The summed E-state index contributed by atoms with van der Waals surface area (Å²) in [5.74, 6) is 0.0242. The van der Waals surface area contributed by atoms with Crippen molar-refractivity contribution < 1.29 is 13.2 Å². The molecule has 8 heteroatoms. The molecule has 1 aromatic carbocycles. The molecule has 1 aliphatic heterocycles. The summed E-state index contributed by atoms with van der Waals surface area (Å²) in [6.07, 6.45) is 0.831. The van der Waals surface area contributed by atoms with Crippen molar-refractivity contribution >= 4 is 33.2 Å². The van der Waals surface area contributed by atoms with Gasteiger partial charge in [0.1, 0.15) is 0 Å². The first-order chi connectivity index (χ1) is 9.29. The minimum absolute atomic E-state index is 0.0242. The number of carbonyl (C=O) groups is 1. The molecule has 0 saturated carbocycles. The monoisotopic (exact) mass is 317 g/mol. The predicted octanol–water partition coefficient (Wildman–Crippen LogP) is 0.821. The number of hydrogen-bond donors (Lipinski definition) is 2. The van der Waals surface area contributed by atoms with Crippen molar-refractivity contribution in [2.24, 2.45) is 0 Å². The highest BCUT2D eigenvalue weighted by Crippen LogP contribution is 2.23. The maximum absolute atomic E-state index is 12.2. The molecule has 2 rings (SSSR count). The molecular weight excluding hydrogens is 302 g/mol. The van der Waals surface area contributed by atoms with E-state index in [-0.39, 0.29) is 22.5 Å². The van der Waals surface area contributed by atoms with Gasteiger partial charge < -0.3 is 10.6 Å². The molecule has 1 aromatic rings. The molecule has 20 heavy (non-hydrogen) atoms. The molecule has 0 bridgehead atoms. The maximum atomic E-state index is 12.2. The number of carbonyl (C=O) groups excluding carboxylic acids is 1. The second kappa shape index (κ2) is 5.59. The summed E-state index contributed by atoms with van der Waals surface area (Å²) >= 11 is 5.77. The molecule has 1 saturated heterocycles. The van der Waals surface area contributed by atoms with Gasteiger partial charge in [-0.1, -0.05) is 11.6 Å². The molecule has 1 unspecified atom stereocenters. The average molecular weight is 318 g/mol. The van der Waals surface area contributed by atoms with Crippen molar-refractivity contribution in [1.29, 1.82) is 0 Å². The van der Waals surface area contributed by atoms with Crippen molar-refractivity contribution in [2.45, 2.75) is 23.8 Å². The summed E-state index contributed by atoms with van der Waals surface area (Å²) in [5, 5.41) is 0.312. The summed E-state index contributed by atoms with van der Waals surface area (Å²) in [6, 6.07) is 3.88. The van der Waals surface area contributed by atoms with E-state index in [4.69, 9.17) is 17.3 Å². The van der Waals surface area contributed by atoms with Gasteiger partial charge in [0.25, 0.3) is 0 Å². The van der Waals surface area contributed by atoms with E-state index in [1.807, 2.05) is 0 Å². The lowest BCUT2D eigenvalue weighted by Gasteiger charge is -2.29. The number of nitrogen functional groups attached to an aromatic ring is 1. The zero-order valence-electron chi connectivity index (χ0n) is 11.0. The van der Waals surface area contributed by atoms with Gasteiger partial charge in [-0.25, -0.2) is 13.1 Å². The number of amides is 1. The molecule has 1 aliphatic rings. The van der Waals surface area contributed by atoms with Crippen LogP contribution in [0.4, 0.5) is 5.69 Å². The molecule has 110 valence electrons. The maximum Gasteiger partial charge on any atom is 0.240 e. The minimum atomic E-state index is -3.67. The fourth-order valence-corrected chi connectivity index (χ4v) is 3.50. The smallest absolute Gasteiger partial charge is 0.240 e. The zero-order chi connectivity index (χ0) is 14.9. The number of nitrogens with two attached hydrogens (primary N) is 1. The van der Waals surface area contributed by atoms with Crippen LogP contribution in [0.1, 0.15) is 12.8 Å². The summed E-state index contributed by atoms with van der Waals surface area (Å²) in [6.45, 7) is 0.362. The molecule has 1 fully saturated rings. The molecule has 1 heterocycles. The number of halogens is 1. The van der Waals surface area contributed by atoms with Crippen molar-refractivity contribution in [3.8, 4) is 0 Å². The third-order valence-corrected chi connectivity index (χ3v) is 5.09. The first-order valence-electron chi connectivity index (χ1n) is 6.11. The number of sulfonamides is 1. The van der Waals surface area contributed by atoms with E-state index >= 15 is 0 Å². The van der Waals surface area contributed by atoms with E-state index in [0.29, 0.717) is 24.4 Å². The van der Waals surface area contributed by atoms with Crippen molar-refractivity contribution in [2.75, 3.05) is 19.3 Å². The molecule has 6 nitrogen and oxygen atoms in total. The van der Waals surface area contributed by atoms with Crippen LogP contribution < -0.4 is 10.5 Å². The fraction of sp³-hybridized carbons (Fsp3) is 0.417. The standard InChI is InChI=1S/C12H16ClN3O3S/c1-16-7-8(2-5-12(16)17)15-20(18,19)9-3-4-10(13)11(14)6-9/h3-4,6,8,15H,2,5,7,14H2,1H3. The first-order valence-corrected chi connectivity index (χ1v) is 7.97. The van der Waals surface area contributed by atoms with Crippen LogP contribution in [0.5, 0.6) is 0 Å². The number of nitrogens with zero attached hydrogens (tertiary/aromatic N) is 1. The van der Waals surface area contributed by atoms with Crippen LogP contribution in [0.15, 0.2) is 23.1 Å². The van der Waals surface area contributed by atoms with E-state index in [1.54, 1.807) is 7.05 Å². The van der Waals surface area contributed by atoms with Gasteiger partial charge in [-0.15, -0.1) is 0 Å². The molecule has 0 spiro atoms. The largest absolute Gasteiger partial charge is 0.397 e. The first kappa shape index (κ1) is 15.1. The SMILES string of the molecule is CN1CC(NS(=O)(=O)c2ccc(Cl)c(N)c2)CCC1=O. The van der Waals surface area contributed by atoms with E-state index in [0.717, 1.165) is 0 Å². The lowest BCUT2D eigenvalue weighted by atomic mass is 10.1. The number of rotatable bonds is 3. The van der Waals surface area contributed by atoms with Crippen molar-refractivity contribution in [1.82, 2.24) is 9.62 Å². The highest BCUT2D eigenvalue weighted by atomic mass is 35.5. The van der Waals surface area contributed by atoms with Gasteiger partial charge in [0.2, 0.25) is 15.9 Å². The van der Waals surface area contributed by atoms with Crippen LogP contribution in [0.25, 0.3) is 0 Å². The zero-order valence-corrected chi connectivity index (χ0v) is 12.5. The number of nitrogens with one attached hydrogen (secondary N) is 1. The van der Waals surface area contributed by atoms with Crippen LogP contribution in [0.3, 0.4) is 0 Å². The number of anilines is 1. The van der Waals surface area contributed by atoms with Crippen LogP contribution in [-0.4, -0.2) is 38.9 Å². The van der Waals surface area contributed by atoms with Gasteiger partial charge in [0.05, 0.1) is 15.6 Å². The van der Waals surface area contributed by atoms with Crippen LogP contribution in [-0.2, 0) is 14.8 Å². The van der Waals surface area contributed by atoms with E-state index in [1.165, 1.54) is 23.1 Å². The molecule has 0 radical (unpaired) electrons. The Morgan fingerprint density at radius 3 is 2.75 bits per heavy atom. The summed E-state index contributed by atoms with van der Waals surface area (Å²) in [5.41, 5.74) is 5.83. The number of likely N-dealkylation sites (N-methyl/N-ethyl adjacent to an activating group) is 1. The third-order valence-electron chi connectivity index (χ3n) is 3.23. The predicted molar refractivity (Wildman–Crippen MR) is 76.8 cm³/mol. The van der Waals surface area contributed by atoms with Gasteiger partial charge in [0, 0.05) is 26.1 Å². The Kier molecular flexibility index (Phi) is 4.22. The Balaban J connectivity index is 2.15. The highest BCUT2D eigenvalue weighted by molar-refractivity contribution is 7.89. The summed E-state index contributed by atoms with van der Waals surface area (Å²) in [4.78, 5) is 13.0. The quantitative estimate of drug-likeness (QED) is 0.807. The summed E-state index contributed by atoms with van der Waals surface area (Å²) in [7, 11) is -2.01. The minimum Gasteiger partial charge on any atom is -0.397 e. The van der Waals surface area contributed by atoms with Crippen molar-refractivity contribution in [3.63, 3.8) is 0 Å². The molecule has 1 atom stereocenters. The summed E-state index contributed by atoms with van der Waals surface area (Å²) < 4.78 is 27.1. The van der Waals surface area contributed by atoms with Crippen molar-refractivity contribution in [3.05, 3.63) is 23.2 Å². The van der Waals surface area contributed by atoms with E-state index in [9.17, 15) is 13.2 Å². The van der Waals surface area contributed by atoms with Gasteiger partial charge in [-0.3, -0.25) is 4.79 Å². The average Bonchev–Trinajstić information content (AvgIpc) is 2.37. The third kappa shape index (κ3) is 3.23. The number of piperidine rings is 1. The Morgan fingerprint density at radius 2 is 2.15 bits per heavy atom. The lowest BCUT2D eigenvalue weighted by Crippen LogP contribution is -2.48.